The third kappa shape index (κ3) is 5.15. The molecule has 1 aliphatic rings. The van der Waals surface area contributed by atoms with Crippen LogP contribution in [0.15, 0.2) is 24.3 Å². The molecule has 0 aliphatic carbocycles. The lowest BCUT2D eigenvalue weighted by atomic mass is 10.1. The number of hydrogen-bond acceptors (Lipinski definition) is 3. The van der Waals surface area contributed by atoms with Crippen molar-refractivity contribution in [2.24, 2.45) is 5.92 Å². The van der Waals surface area contributed by atoms with Crippen LogP contribution in [-0.2, 0) is 9.59 Å². The number of piperidine rings is 1. The number of anilines is 2. The third-order valence-electron chi connectivity index (χ3n) is 3.78. The molecule has 120 valence electrons. The number of amides is 2. The average molecular weight is 303 g/mol. The highest BCUT2D eigenvalue weighted by Gasteiger charge is 2.14. The molecule has 2 amide bonds. The molecule has 0 radical (unpaired) electrons. The zero-order valence-corrected chi connectivity index (χ0v) is 13.4. The molecule has 2 rings (SSSR count). The van der Waals surface area contributed by atoms with E-state index in [2.05, 4.69) is 15.5 Å². The van der Waals surface area contributed by atoms with Crippen molar-refractivity contribution in [3.8, 4) is 0 Å². The first kappa shape index (κ1) is 16.5. The molecule has 1 aromatic carbocycles. The van der Waals surface area contributed by atoms with Gasteiger partial charge in [-0.1, -0.05) is 20.3 Å². The summed E-state index contributed by atoms with van der Waals surface area (Å²) in [6, 6.07) is 7.22. The van der Waals surface area contributed by atoms with Gasteiger partial charge in [0.15, 0.2) is 0 Å². The third-order valence-corrected chi connectivity index (χ3v) is 3.78. The maximum Gasteiger partial charge on any atom is 0.238 e. The zero-order chi connectivity index (χ0) is 15.9. The van der Waals surface area contributed by atoms with Crippen LogP contribution in [0.4, 0.5) is 11.4 Å². The second kappa shape index (κ2) is 7.94. The highest BCUT2D eigenvalue weighted by molar-refractivity contribution is 5.94. The van der Waals surface area contributed by atoms with Gasteiger partial charge < -0.3 is 10.6 Å². The minimum Gasteiger partial charge on any atom is -0.326 e. The lowest BCUT2D eigenvalue weighted by Gasteiger charge is -2.25. The Balaban J connectivity index is 1.82. The van der Waals surface area contributed by atoms with Crippen molar-refractivity contribution < 1.29 is 9.59 Å². The first-order valence-corrected chi connectivity index (χ1v) is 7.98. The van der Waals surface area contributed by atoms with Crippen LogP contribution >= 0.6 is 0 Å². The molecule has 1 saturated heterocycles. The highest BCUT2D eigenvalue weighted by Crippen LogP contribution is 2.15. The fourth-order valence-electron chi connectivity index (χ4n) is 2.44. The summed E-state index contributed by atoms with van der Waals surface area (Å²) in [5.74, 6) is -0.0494. The minimum absolute atomic E-state index is 0.0121. The number of carbonyl (C=O) groups excluding carboxylic acids is 2. The maximum atomic E-state index is 12.0. The summed E-state index contributed by atoms with van der Waals surface area (Å²) < 4.78 is 0. The van der Waals surface area contributed by atoms with E-state index < -0.39 is 0 Å². The normalized spacial score (nSPS) is 15.6. The standard InChI is InChI=1S/C17H25N3O2/c1-13(2)17(22)19-15-8-6-14(7-9-15)18-16(21)12-20-10-4-3-5-11-20/h6-9,13H,3-5,10-12H2,1-2H3,(H,18,21)(H,19,22). The Morgan fingerprint density at radius 3 is 2.09 bits per heavy atom. The van der Waals surface area contributed by atoms with Crippen LogP contribution < -0.4 is 10.6 Å². The Bertz CT molecular complexity index is 505. The fraction of sp³-hybridized carbons (Fsp3) is 0.529. The zero-order valence-electron chi connectivity index (χ0n) is 13.4. The smallest absolute Gasteiger partial charge is 0.238 e. The van der Waals surface area contributed by atoms with Crippen molar-refractivity contribution in [3.63, 3.8) is 0 Å². The van der Waals surface area contributed by atoms with Crippen LogP contribution in [0.25, 0.3) is 0 Å². The Morgan fingerprint density at radius 2 is 1.55 bits per heavy atom. The van der Waals surface area contributed by atoms with Gasteiger partial charge in [0.1, 0.15) is 0 Å². The van der Waals surface area contributed by atoms with Gasteiger partial charge in [-0.25, -0.2) is 0 Å². The summed E-state index contributed by atoms with van der Waals surface area (Å²) in [7, 11) is 0. The molecule has 1 fully saturated rings. The van der Waals surface area contributed by atoms with E-state index in [1.54, 1.807) is 12.1 Å². The highest BCUT2D eigenvalue weighted by atomic mass is 16.2. The molecule has 0 aromatic heterocycles. The van der Waals surface area contributed by atoms with Gasteiger partial charge in [-0.3, -0.25) is 14.5 Å². The van der Waals surface area contributed by atoms with E-state index in [1.807, 2.05) is 26.0 Å². The molecular weight excluding hydrogens is 278 g/mol. The fourth-order valence-corrected chi connectivity index (χ4v) is 2.44. The Kier molecular flexibility index (Phi) is 5.95. The van der Waals surface area contributed by atoms with Crippen molar-refractivity contribution >= 4 is 23.2 Å². The van der Waals surface area contributed by atoms with E-state index in [1.165, 1.54) is 19.3 Å². The molecule has 0 unspecified atom stereocenters. The van der Waals surface area contributed by atoms with Gasteiger partial charge in [0.05, 0.1) is 6.54 Å². The summed E-state index contributed by atoms with van der Waals surface area (Å²) in [5, 5.41) is 5.73. The molecule has 0 spiro atoms. The van der Waals surface area contributed by atoms with Gasteiger partial charge in [0.2, 0.25) is 11.8 Å². The Hall–Kier alpha value is -1.88. The molecule has 0 bridgehead atoms. The van der Waals surface area contributed by atoms with Gasteiger partial charge in [-0.2, -0.15) is 0 Å². The summed E-state index contributed by atoms with van der Waals surface area (Å²) in [4.78, 5) is 25.8. The number of nitrogens with one attached hydrogen (secondary N) is 2. The second-order valence-corrected chi connectivity index (χ2v) is 6.11. The molecule has 0 atom stereocenters. The van der Waals surface area contributed by atoms with E-state index in [9.17, 15) is 9.59 Å². The predicted octanol–water partition coefficient (Wildman–Crippen LogP) is 2.71. The van der Waals surface area contributed by atoms with Crippen molar-refractivity contribution in [2.45, 2.75) is 33.1 Å². The quantitative estimate of drug-likeness (QED) is 0.879. The van der Waals surface area contributed by atoms with Crippen LogP contribution in [0.3, 0.4) is 0 Å². The molecule has 5 heteroatoms. The summed E-state index contributed by atoms with van der Waals surface area (Å²) in [6.07, 6.45) is 3.62. The van der Waals surface area contributed by atoms with Gasteiger partial charge >= 0.3 is 0 Å². The van der Waals surface area contributed by atoms with E-state index >= 15 is 0 Å². The van der Waals surface area contributed by atoms with E-state index in [-0.39, 0.29) is 17.7 Å². The number of hydrogen-bond donors (Lipinski definition) is 2. The Morgan fingerprint density at radius 1 is 1.00 bits per heavy atom. The number of rotatable bonds is 5. The first-order chi connectivity index (χ1) is 10.5. The number of likely N-dealkylation sites (tertiary alicyclic amines) is 1. The largest absolute Gasteiger partial charge is 0.326 e. The molecule has 5 nitrogen and oxygen atoms in total. The van der Waals surface area contributed by atoms with Gasteiger partial charge in [-0.15, -0.1) is 0 Å². The summed E-state index contributed by atoms with van der Waals surface area (Å²) in [5.41, 5.74) is 1.50. The average Bonchev–Trinajstić information content (AvgIpc) is 2.50. The van der Waals surface area contributed by atoms with Crippen molar-refractivity contribution in [1.82, 2.24) is 4.90 Å². The maximum absolute atomic E-state index is 12.0. The van der Waals surface area contributed by atoms with Crippen LogP contribution in [0.5, 0.6) is 0 Å². The molecule has 22 heavy (non-hydrogen) atoms. The summed E-state index contributed by atoms with van der Waals surface area (Å²) >= 11 is 0. The van der Waals surface area contributed by atoms with Crippen LogP contribution in [0, 0.1) is 5.92 Å². The van der Waals surface area contributed by atoms with Crippen molar-refractivity contribution in [3.05, 3.63) is 24.3 Å². The summed E-state index contributed by atoms with van der Waals surface area (Å²) in [6.45, 7) is 6.17. The predicted molar refractivity (Wildman–Crippen MR) is 88.8 cm³/mol. The van der Waals surface area contributed by atoms with E-state index in [0.29, 0.717) is 6.54 Å². The van der Waals surface area contributed by atoms with E-state index in [4.69, 9.17) is 0 Å². The first-order valence-electron chi connectivity index (χ1n) is 7.98. The number of nitrogens with zero attached hydrogens (tertiary/aromatic N) is 1. The lowest BCUT2D eigenvalue weighted by Crippen LogP contribution is -2.36. The van der Waals surface area contributed by atoms with Crippen LogP contribution in [0.1, 0.15) is 33.1 Å². The SMILES string of the molecule is CC(C)C(=O)Nc1ccc(NC(=O)CN2CCCCC2)cc1. The second-order valence-electron chi connectivity index (χ2n) is 6.11. The minimum atomic E-state index is -0.0519. The van der Waals surface area contributed by atoms with E-state index in [0.717, 1.165) is 24.5 Å². The van der Waals surface area contributed by atoms with Crippen LogP contribution in [-0.4, -0.2) is 36.3 Å². The van der Waals surface area contributed by atoms with Crippen molar-refractivity contribution in [1.29, 1.82) is 0 Å². The number of benzene rings is 1. The van der Waals surface area contributed by atoms with Gasteiger partial charge in [0.25, 0.3) is 0 Å². The molecule has 1 aliphatic heterocycles. The molecular formula is C17H25N3O2. The van der Waals surface area contributed by atoms with Gasteiger partial charge in [-0.05, 0) is 50.2 Å². The molecule has 2 N–H and O–H groups in total. The molecule has 0 saturated carbocycles. The lowest BCUT2D eigenvalue weighted by molar-refractivity contribution is -0.119. The molecule has 1 aromatic rings. The molecule has 1 heterocycles. The number of carbonyl (C=O) groups is 2. The monoisotopic (exact) mass is 303 g/mol. The van der Waals surface area contributed by atoms with Gasteiger partial charge in [0, 0.05) is 17.3 Å². The van der Waals surface area contributed by atoms with Crippen LogP contribution in [0.2, 0.25) is 0 Å². The van der Waals surface area contributed by atoms with Crippen molar-refractivity contribution in [2.75, 3.05) is 30.3 Å². The Labute approximate surface area is 132 Å². The topological polar surface area (TPSA) is 61.4 Å².